The van der Waals surface area contributed by atoms with E-state index in [9.17, 15) is 9.59 Å². The van der Waals surface area contributed by atoms with Crippen molar-refractivity contribution in [3.63, 3.8) is 0 Å². The van der Waals surface area contributed by atoms with Gasteiger partial charge in [-0.3, -0.25) is 14.6 Å². The van der Waals surface area contributed by atoms with Crippen molar-refractivity contribution in [2.75, 3.05) is 11.9 Å². The molecule has 2 amide bonds. The number of benzene rings is 1. The smallest absolute Gasteiger partial charge is 0.247 e. The molecule has 1 N–H and O–H groups in total. The topological polar surface area (TPSA) is 62.3 Å². The fraction of sp³-hybridized carbons (Fsp3) is 0.389. The lowest BCUT2D eigenvalue weighted by atomic mass is 10.1. The van der Waals surface area contributed by atoms with E-state index in [0.29, 0.717) is 13.0 Å². The number of rotatable bonds is 4. The Morgan fingerprint density at radius 1 is 1.35 bits per heavy atom. The first kappa shape index (κ1) is 15.5. The van der Waals surface area contributed by atoms with E-state index in [2.05, 4.69) is 10.3 Å². The Morgan fingerprint density at radius 2 is 2.22 bits per heavy atom. The number of amides is 2. The van der Waals surface area contributed by atoms with Crippen molar-refractivity contribution in [3.05, 3.63) is 36.5 Å². The van der Waals surface area contributed by atoms with Crippen LogP contribution >= 0.6 is 0 Å². The molecule has 2 heterocycles. The number of aromatic nitrogens is 1. The van der Waals surface area contributed by atoms with Crippen LogP contribution in [0.2, 0.25) is 0 Å². The molecule has 1 aromatic heterocycles. The third-order valence-corrected chi connectivity index (χ3v) is 4.21. The summed E-state index contributed by atoms with van der Waals surface area (Å²) in [7, 11) is 0. The minimum atomic E-state index is -0.348. The first-order valence-corrected chi connectivity index (χ1v) is 8.14. The van der Waals surface area contributed by atoms with E-state index < -0.39 is 0 Å². The van der Waals surface area contributed by atoms with Crippen LogP contribution in [0.15, 0.2) is 36.5 Å². The lowest BCUT2D eigenvalue weighted by Gasteiger charge is -2.24. The molecule has 0 saturated carbocycles. The maximum Gasteiger partial charge on any atom is 0.247 e. The average Bonchev–Trinajstić information content (AvgIpc) is 3.05. The molecule has 1 saturated heterocycles. The molecule has 23 heavy (non-hydrogen) atoms. The zero-order valence-electron chi connectivity index (χ0n) is 13.3. The van der Waals surface area contributed by atoms with Crippen LogP contribution < -0.4 is 5.32 Å². The molecular formula is C18H21N3O2. The number of pyridine rings is 1. The van der Waals surface area contributed by atoms with Gasteiger partial charge >= 0.3 is 0 Å². The predicted molar refractivity (Wildman–Crippen MR) is 90.0 cm³/mol. The number of anilines is 1. The first-order chi connectivity index (χ1) is 11.2. The van der Waals surface area contributed by atoms with Gasteiger partial charge in [0.05, 0.1) is 5.52 Å². The molecule has 5 heteroatoms. The fourth-order valence-electron chi connectivity index (χ4n) is 3.07. The van der Waals surface area contributed by atoms with E-state index in [1.165, 1.54) is 0 Å². The van der Waals surface area contributed by atoms with Crippen LogP contribution in [0.1, 0.15) is 32.6 Å². The van der Waals surface area contributed by atoms with E-state index >= 15 is 0 Å². The molecule has 0 bridgehead atoms. The van der Waals surface area contributed by atoms with Gasteiger partial charge in [0.15, 0.2) is 0 Å². The fourth-order valence-corrected chi connectivity index (χ4v) is 3.07. The second-order valence-corrected chi connectivity index (χ2v) is 5.90. The van der Waals surface area contributed by atoms with Crippen LogP contribution in [0.5, 0.6) is 0 Å². The Labute approximate surface area is 135 Å². The summed E-state index contributed by atoms with van der Waals surface area (Å²) in [4.78, 5) is 30.7. The van der Waals surface area contributed by atoms with Gasteiger partial charge in [-0.15, -0.1) is 0 Å². The Morgan fingerprint density at radius 3 is 3.04 bits per heavy atom. The standard InChI is InChI=1S/C18H21N3O2/c1-2-5-17(22)21-11-4-7-16(21)18(23)20-14-8-9-15-13(12-14)6-3-10-19-15/h3,6,8-10,12,16H,2,4-5,7,11H2,1H3,(H,20,23). The maximum absolute atomic E-state index is 12.5. The van der Waals surface area contributed by atoms with Gasteiger partial charge in [0.25, 0.3) is 0 Å². The molecule has 1 aliphatic heterocycles. The number of carbonyl (C=O) groups excluding carboxylic acids is 2. The van der Waals surface area contributed by atoms with E-state index in [1.54, 1.807) is 11.1 Å². The molecule has 1 atom stereocenters. The maximum atomic E-state index is 12.5. The summed E-state index contributed by atoms with van der Waals surface area (Å²) in [5, 5.41) is 3.92. The normalized spacial score (nSPS) is 17.4. The summed E-state index contributed by atoms with van der Waals surface area (Å²) in [6.07, 6.45) is 4.68. The van der Waals surface area contributed by atoms with Gasteiger partial charge in [-0.05, 0) is 43.5 Å². The third-order valence-electron chi connectivity index (χ3n) is 4.21. The second kappa shape index (κ2) is 6.77. The quantitative estimate of drug-likeness (QED) is 0.944. The molecule has 1 aliphatic rings. The van der Waals surface area contributed by atoms with Crippen molar-refractivity contribution in [2.24, 2.45) is 0 Å². The Bertz CT molecular complexity index is 729. The highest BCUT2D eigenvalue weighted by Gasteiger charge is 2.33. The van der Waals surface area contributed by atoms with Crippen LogP contribution in [0.25, 0.3) is 10.9 Å². The van der Waals surface area contributed by atoms with Gasteiger partial charge < -0.3 is 10.2 Å². The highest BCUT2D eigenvalue weighted by Crippen LogP contribution is 2.22. The van der Waals surface area contributed by atoms with Crippen molar-refractivity contribution in [1.29, 1.82) is 0 Å². The summed E-state index contributed by atoms with van der Waals surface area (Å²) >= 11 is 0. The zero-order valence-corrected chi connectivity index (χ0v) is 13.3. The van der Waals surface area contributed by atoms with Crippen LogP contribution in [0.4, 0.5) is 5.69 Å². The molecule has 0 radical (unpaired) electrons. The SMILES string of the molecule is CCCC(=O)N1CCCC1C(=O)Nc1ccc2ncccc2c1. The minimum Gasteiger partial charge on any atom is -0.331 e. The Kier molecular flexibility index (Phi) is 4.55. The zero-order chi connectivity index (χ0) is 16.2. The summed E-state index contributed by atoms with van der Waals surface area (Å²) in [5.41, 5.74) is 1.64. The van der Waals surface area contributed by atoms with Crippen molar-refractivity contribution < 1.29 is 9.59 Å². The molecule has 1 unspecified atom stereocenters. The van der Waals surface area contributed by atoms with E-state index in [4.69, 9.17) is 0 Å². The molecule has 2 aromatic rings. The molecule has 1 aromatic carbocycles. The summed E-state index contributed by atoms with van der Waals surface area (Å²) in [6.45, 7) is 2.66. The molecule has 120 valence electrons. The van der Waals surface area contributed by atoms with Gasteiger partial charge in [-0.25, -0.2) is 0 Å². The predicted octanol–water partition coefficient (Wildman–Crippen LogP) is 2.96. The Balaban J connectivity index is 1.73. The van der Waals surface area contributed by atoms with Gasteiger partial charge in [0, 0.05) is 30.2 Å². The van der Waals surface area contributed by atoms with Crippen molar-refractivity contribution >= 4 is 28.4 Å². The monoisotopic (exact) mass is 311 g/mol. The summed E-state index contributed by atoms with van der Waals surface area (Å²) in [6, 6.07) is 9.13. The highest BCUT2D eigenvalue weighted by atomic mass is 16.2. The molecule has 1 fully saturated rings. The van der Waals surface area contributed by atoms with E-state index in [1.807, 2.05) is 37.3 Å². The molecular weight excluding hydrogens is 290 g/mol. The Hall–Kier alpha value is -2.43. The van der Waals surface area contributed by atoms with Crippen molar-refractivity contribution in [1.82, 2.24) is 9.88 Å². The molecule has 3 rings (SSSR count). The second-order valence-electron chi connectivity index (χ2n) is 5.90. The summed E-state index contributed by atoms with van der Waals surface area (Å²) in [5.74, 6) is -0.0249. The molecule has 5 nitrogen and oxygen atoms in total. The number of nitrogens with one attached hydrogen (secondary N) is 1. The number of carbonyl (C=O) groups is 2. The van der Waals surface area contributed by atoms with Gasteiger partial charge in [0.2, 0.25) is 11.8 Å². The lowest BCUT2D eigenvalue weighted by Crippen LogP contribution is -2.43. The number of hydrogen-bond donors (Lipinski definition) is 1. The van der Waals surface area contributed by atoms with Gasteiger partial charge in [-0.2, -0.15) is 0 Å². The lowest BCUT2D eigenvalue weighted by molar-refractivity contribution is -0.136. The highest BCUT2D eigenvalue weighted by molar-refractivity contribution is 5.98. The van der Waals surface area contributed by atoms with Gasteiger partial charge in [0.1, 0.15) is 6.04 Å². The average molecular weight is 311 g/mol. The molecule has 0 aliphatic carbocycles. The van der Waals surface area contributed by atoms with Crippen LogP contribution in [-0.2, 0) is 9.59 Å². The van der Waals surface area contributed by atoms with Crippen LogP contribution in [0, 0.1) is 0 Å². The largest absolute Gasteiger partial charge is 0.331 e. The van der Waals surface area contributed by atoms with Crippen LogP contribution in [0.3, 0.4) is 0 Å². The van der Waals surface area contributed by atoms with E-state index in [0.717, 1.165) is 35.9 Å². The number of fused-ring (bicyclic) bond motifs is 1. The molecule has 0 spiro atoms. The number of nitrogens with zero attached hydrogens (tertiary/aromatic N) is 2. The number of hydrogen-bond acceptors (Lipinski definition) is 3. The first-order valence-electron chi connectivity index (χ1n) is 8.14. The van der Waals surface area contributed by atoms with Gasteiger partial charge in [-0.1, -0.05) is 13.0 Å². The van der Waals surface area contributed by atoms with Crippen LogP contribution in [-0.4, -0.2) is 34.3 Å². The summed E-state index contributed by atoms with van der Waals surface area (Å²) < 4.78 is 0. The third kappa shape index (κ3) is 3.33. The van der Waals surface area contributed by atoms with Crippen molar-refractivity contribution in [2.45, 2.75) is 38.6 Å². The minimum absolute atomic E-state index is 0.0767. The van der Waals surface area contributed by atoms with E-state index in [-0.39, 0.29) is 17.9 Å². The van der Waals surface area contributed by atoms with Crippen molar-refractivity contribution in [3.8, 4) is 0 Å². The number of likely N-dealkylation sites (tertiary alicyclic amines) is 1.